The van der Waals surface area contributed by atoms with E-state index in [0.29, 0.717) is 6.04 Å². The molecule has 0 saturated heterocycles. The molecule has 1 heterocycles. The lowest BCUT2D eigenvalue weighted by molar-refractivity contribution is 0.394. The number of nitrogens with one attached hydrogen (secondary N) is 1. The van der Waals surface area contributed by atoms with Crippen LogP contribution in [0.2, 0.25) is 0 Å². The molecule has 4 heteroatoms. The summed E-state index contributed by atoms with van der Waals surface area (Å²) >= 11 is 1.81. The third-order valence-electron chi connectivity index (χ3n) is 3.62. The molecule has 1 saturated carbocycles. The lowest BCUT2D eigenvalue weighted by Gasteiger charge is -2.19. The molecule has 1 aromatic heterocycles. The van der Waals surface area contributed by atoms with Crippen molar-refractivity contribution < 1.29 is 9.47 Å². The van der Waals surface area contributed by atoms with Gasteiger partial charge in [-0.15, -0.1) is 11.3 Å². The van der Waals surface area contributed by atoms with E-state index in [4.69, 9.17) is 9.47 Å². The van der Waals surface area contributed by atoms with Crippen LogP contribution in [0.25, 0.3) is 0 Å². The molecule has 20 heavy (non-hydrogen) atoms. The molecule has 0 bridgehead atoms. The predicted octanol–water partition coefficient (Wildman–Crippen LogP) is 4.33. The van der Waals surface area contributed by atoms with Crippen LogP contribution in [-0.2, 0) is 0 Å². The van der Waals surface area contributed by atoms with Crippen LogP contribution in [-0.4, -0.2) is 14.2 Å². The average molecular weight is 289 g/mol. The maximum atomic E-state index is 5.33. The van der Waals surface area contributed by atoms with Gasteiger partial charge in [-0.3, -0.25) is 0 Å². The van der Waals surface area contributed by atoms with Gasteiger partial charge >= 0.3 is 0 Å². The van der Waals surface area contributed by atoms with E-state index in [0.717, 1.165) is 23.1 Å². The highest BCUT2D eigenvalue weighted by Gasteiger charge is 2.33. The van der Waals surface area contributed by atoms with Crippen LogP contribution in [0.4, 0.5) is 5.69 Å². The zero-order valence-electron chi connectivity index (χ0n) is 11.8. The van der Waals surface area contributed by atoms with Crippen molar-refractivity contribution in [3.8, 4) is 11.5 Å². The van der Waals surface area contributed by atoms with Gasteiger partial charge in [0.05, 0.1) is 20.3 Å². The Hall–Kier alpha value is -1.68. The highest BCUT2D eigenvalue weighted by Crippen LogP contribution is 2.44. The Kier molecular flexibility index (Phi) is 3.83. The van der Waals surface area contributed by atoms with Crippen LogP contribution in [0.1, 0.15) is 23.8 Å². The van der Waals surface area contributed by atoms with Crippen LogP contribution in [0.15, 0.2) is 35.7 Å². The molecule has 1 aliphatic carbocycles. The summed E-state index contributed by atoms with van der Waals surface area (Å²) in [6.07, 6.45) is 2.60. The number of hydrogen-bond acceptors (Lipinski definition) is 4. The first kappa shape index (κ1) is 13.3. The Morgan fingerprint density at radius 1 is 1.15 bits per heavy atom. The first-order valence-electron chi connectivity index (χ1n) is 6.83. The Bertz CT molecular complexity index is 542. The SMILES string of the molecule is COc1cc(NC(c2cccs2)C2CC2)cc(OC)c1. The molecule has 1 aromatic carbocycles. The monoisotopic (exact) mass is 289 g/mol. The van der Waals surface area contributed by atoms with Gasteiger partial charge in [-0.1, -0.05) is 6.07 Å². The van der Waals surface area contributed by atoms with Crippen LogP contribution in [0.3, 0.4) is 0 Å². The van der Waals surface area contributed by atoms with E-state index >= 15 is 0 Å². The normalized spacial score (nSPS) is 15.7. The standard InChI is InChI=1S/C16H19NO2S/c1-18-13-8-12(9-14(10-13)19-2)17-16(11-5-6-11)15-4-3-7-20-15/h3-4,7-11,16-17H,5-6H2,1-2H3. The largest absolute Gasteiger partial charge is 0.497 e. The summed E-state index contributed by atoms with van der Waals surface area (Å²) in [7, 11) is 3.35. The van der Waals surface area contributed by atoms with Crippen molar-refractivity contribution in [2.45, 2.75) is 18.9 Å². The van der Waals surface area contributed by atoms with E-state index < -0.39 is 0 Å². The van der Waals surface area contributed by atoms with Gasteiger partial charge in [0, 0.05) is 28.8 Å². The van der Waals surface area contributed by atoms with E-state index in [1.807, 2.05) is 29.5 Å². The minimum Gasteiger partial charge on any atom is -0.497 e. The van der Waals surface area contributed by atoms with Crippen LogP contribution in [0, 0.1) is 5.92 Å². The van der Waals surface area contributed by atoms with Gasteiger partial charge in [-0.05, 0) is 30.2 Å². The molecule has 1 N–H and O–H groups in total. The molecule has 0 aliphatic heterocycles. The lowest BCUT2D eigenvalue weighted by Crippen LogP contribution is -2.11. The number of methoxy groups -OCH3 is 2. The third kappa shape index (κ3) is 2.90. The van der Waals surface area contributed by atoms with E-state index in [-0.39, 0.29) is 0 Å². The van der Waals surface area contributed by atoms with Crippen LogP contribution >= 0.6 is 11.3 Å². The summed E-state index contributed by atoms with van der Waals surface area (Å²) in [5.41, 5.74) is 1.05. The van der Waals surface area contributed by atoms with Gasteiger partial charge in [0.1, 0.15) is 11.5 Å². The van der Waals surface area contributed by atoms with E-state index in [1.54, 1.807) is 14.2 Å². The second-order valence-corrected chi connectivity index (χ2v) is 6.06. The number of hydrogen-bond donors (Lipinski definition) is 1. The highest BCUT2D eigenvalue weighted by atomic mass is 32.1. The summed E-state index contributed by atoms with van der Waals surface area (Å²) in [6, 6.07) is 10.6. The zero-order valence-corrected chi connectivity index (χ0v) is 12.6. The fourth-order valence-electron chi connectivity index (χ4n) is 2.39. The van der Waals surface area contributed by atoms with Gasteiger partial charge < -0.3 is 14.8 Å². The smallest absolute Gasteiger partial charge is 0.124 e. The zero-order chi connectivity index (χ0) is 13.9. The molecule has 2 aromatic rings. The Labute approximate surface area is 123 Å². The first-order chi connectivity index (χ1) is 9.80. The molecular formula is C16H19NO2S. The second-order valence-electron chi connectivity index (χ2n) is 5.08. The van der Waals surface area contributed by atoms with Crippen LogP contribution < -0.4 is 14.8 Å². The molecule has 3 rings (SSSR count). The summed E-state index contributed by atoms with van der Waals surface area (Å²) in [5.74, 6) is 2.37. The molecule has 0 spiro atoms. The first-order valence-corrected chi connectivity index (χ1v) is 7.71. The Morgan fingerprint density at radius 2 is 1.85 bits per heavy atom. The minimum absolute atomic E-state index is 0.395. The maximum absolute atomic E-state index is 5.33. The van der Waals surface area contributed by atoms with Crippen molar-refractivity contribution in [1.29, 1.82) is 0 Å². The summed E-state index contributed by atoms with van der Waals surface area (Å²) in [4.78, 5) is 1.40. The third-order valence-corrected chi connectivity index (χ3v) is 4.57. The van der Waals surface area contributed by atoms with Crippen molar-refractivity contribution in [2.24, 2.45) is 5.92 Å². The molecule has 106 valence electrons. The summed E-state index contributed by atoms with van der Waals surface area (Å²) < 4.78 is 10.7. The second kappa shape index (κ2) is 5.75. The Morgan fingerprint density at radius 3 is 2.35 bits per heavy atom. The van der Waals surface area contributed by atoms with Crippen molar-refractivity contribution in [3.05, 3.63) is 40.6 Å². The molecule has 1 fully saturated rings. The van der Waals surface area contributed by atoms with Crippen LogP contribution in [0.5, 0.6) is 11.5 Å². The maximum Gasteiger partial charge on any atom is 0.124 e. The molecule has 0 radical (unpaired) electrons. The number of ether oxygens (including phenoxy) is 2. The summed E-state index contributed by atoms with van der Waals surface area (Å²) in [5, 5.41) is 5.78. The van der Waals surface area contributed by atoms with E-state index in [9.17, 15) is 0 Å². The van der Waals surface area contributed by atoms with Gasteiger partial charge in [-0.2, -0.15) is 0 Å². The minimum atomic E-state index is 0.395. The molecule has 1 unspecified atom stereocenters. The fraction of sp³-hybridized carbons (Fsp3) is 0.375. The number of anilines is 1. The van der Waals surface area contributed by atoms with Crippen molar-refractivity contribution in [3.63, 3.8) is 0 Å². The number of benzene rings is 1. The van der Waals surface area contributed by atoms with Crippen molar-refractivity contribution in [1.82, 2.24) is 0 Å². The molecule has 3 nitrogen and oxygen atoms in total. The molecule has 0 amide bonds. The van der Waals surface area contributed by atoms with E-state index in [2.05, 4.69) is 22.8 Å². The Balaban J connectivity index is 1.85. The van der Waals surface area contributed by atoms with Crippen molar-refractivity contribution in [2.75, 3.05) is 19.5 Å². The average Bonchev–Trinajstić information content (AvgIpc) is 3.18. The molecular weight excluding hydrogens is 270 g/mol. The quantitative estimate of drug-likeness (QED) is 0.858. The fourth-order valence-corrected chi connectivity index (χ4v) is 3.26. The topological polar surface area (TPSA) is 30.5 Å². The lowest BCUT2D eigenvalue weighted by atomic mass is 10.1. The summed E-state index contributed by atoms with van der Waals surface area (Å²) in [6.45, 7) is 0. The molecule has 1 atom stereocenters. The number of thiophene rings is 1. The molecule has 1 aliphatic rings. The van der Waals surface area contributed by atoms with Crippen molar-refractivity contribution >= 4 is 17.0 Å². The van der Waals surface area contributed by atoms with Gasteiger partial charge in [0.2, 0.25) is 0 Å². The van der Waals surface area contributed by atoms with Gasteiger partial charge in [0.15, 0.2) is 0 Å². The van der Waals surface area contributed by atoms with Gasteiger partial charge in [-0.25, -0.2) is 0 Å². The van der Waals surface area contributed by atoms with Gasteiger partial charge in [0.25, 0.3) is 0 Å². The van der Waals surface area contributed by atoms with E-state index in [1.165, 1.54) is 17.7 Å². The predicted molar refractivity (Wildman–Crippen MR) is 83.0 cm³/mol. The highest BCUT2D eigenvalue weighted by molar-refractivity contribution is 7.10. The number of rotatable bonds is 6.